The average molecular weight is 412 g/mol. The number of halogens is 1. The monoisotopic (exact) mass is 411 g/mol. The third-order valence-corrected chi connectivity index (χ3v) is 4.19. The summed E-state index contributed by atoms with van der Waals surface area (Å²) in [5.74, 6) is 5.93. The van der Waals surface area contributed by atoms with Crippen LogP contribution in [0.15, 0.2) is 42.5 Å². The van der Waals surface area contributed by atoms with E-state index in [0.29, 0.717) is 35.1 Å². The summed E-state index contributed by atoms with van der Waals surface area (Å²) < 4.78 is 16.2. The molecule has 0 spiro atoms. The van der Waals surface area contributed by atoms with Crippen molar-refractivity contribution in [3.63, 3.8) is 0 Å². The van der Waals surface area contributed by atoms with Crippen molar-refractivity contribution in [1.29, 1.82) is 0 Å². The van der Waals surface area contributed by atoms with Crippen molar-refractivity contribution in [2.75, 3.05) is 20.3 Å². The highest BCUT2D eigenvalue weighted by atomic mass is 35.5. The molecule has 1 atom stereocenters. The van der Waals surface area contributed by atoms with Crippen LogP contribution in [0.1, 0.15) is 24.2 Å². The standard InChI is InChI=1S/C23H22ClNO4/c1-4-14-28-20-11-6-17(16-21(20)27-3)12-13-25-23(26)22(29-15-5-2)18-7-9-19(24)10-8-18/h1,6-11,16,22H,12-14H2,2-3H3,(H,25,26). The van der Waals surface area contributed by atoms with Crippen LogP contribution in [0.4, 0.5) is 0 Å². The van der Waals surface area contributed by atoms with Crippen LogP contribution in [0, 0.1) is 24.4 Å². The topological polar surface area (TPSA) is 56.8 Å². The first-order valence-electron chi connectivity index (χ1n) is 8.92. The second-order valence-corrected chi connectivity index (χ2v) is 6.36. The Labute approximate surface area is 176 Å². The second-order valence-electron chi connectivity index (χ2n) is 5.92. The molecule has 0 fully saturated rings. The van der Waals surface area contributed by atoms with E-state index in [-0.39, 0.29) is 12.5 Å². The Morgan fingerprint density at radius 3 is 2.62 bits per heavy atom. The summed E-state index contributed by atoms with van der Waals surface area (Å²) in [6, 6.07) is 12.4. The molecule has 0 aliphatic carbocycles. The molecule has 0 saturated heterocycles. The summed E-state index contributed by atoms with van der Waals surface area (Å²) in [5, 5.41) is 3.46. The van der Waals surface area contributed by atoms with Crippen LogP contribution in [-0.2, 0) is 16.0 Å². The molecule has 0 aliphatic heterocycles. The number of methoxy groups -OCH3 is 1. The first kappa shape index (κ1) is 22.0. The minimum atomic E-state index is -0.839. The molecule has 0 saturated carbocycles. The maximum atomic E-state index is 12.6. The van der Waals surface area contributed by atoms with Gasteiger partial charge in [0.2, 0.25) is 6.10 Å². The lowest BCUT2D eigenvalue weighted by molar-refractivity contribution is -0.129. The van der Waals surface area contributed by atoms with E-state index in [9.17, 15) is 4.79 Å². The van der Waals surface area contributed by atoms with Crippen molar-refractivity contribution >= 4 is 17.5 Å². The van der Waals surface area contributed by atoms with Gasteiger partial charge in [0.1, 0.15) is 12.7 Å². The fraction of sp³-hybridized carbons (Fsp3) is 0.261. The number of hydrogen-bond donors (Lipinski definition) is 1. The number of ether oxygens (including phenoxy) is 3. The minimum absolute atomic E-state index is 0.165. The Morgan fingerprint density at radius 1 is 1.21 bits per heavy atom. The van der Waals surface area contributed by atoms with Gasteiger partial charge in [-0.25, -0.2) is 0 Å². The highest BCUT2D eigenvalue weighted by Gasteiger charge is 2.21. The molecule has 29 heavy (non-hydrogen) atoms. The normalized spacial score (nSPS) is 10.7. The SMILES string of the molecule is C#CCOc1ccc(CCNC(=O)C(OC#CC)c2ccc(Cl)cc2)cc1OC. The van der Waals surface area contributed by atoms with Crippen LogP contribution < -0.4 is 14.8 Å². The highest BCUT2D eigenvalue weighted by molar-refractivity contribution is 6.30. The maximum absolute atomic E-state index is 12.6. The average Bonchev–Trinajstić information content (AvgIpc) is 2.74. The van der Waals surface area contributed by atoms with Gasteiger partial charge in [-0.3, -0.25) is 4.79 Å². The third-order valence-electron chi connectivity index (χ3n) is 3.94. The molecule has 1 unspecified atom stereocenters. The van der Waals surface area contributed by atoms with Gasteiger partial charge in [0.25, 0.3) is 5.91 Å². The Kier molecular flexibility index (Phi) is 8.76. The summed E-state index contributed by atoms with van der Waals surface area (Å²) in [6.45, 7) is 2.22. The van der Waals surface area contributed by atoms with Gasteiger partial charge in [0.15, 0.2) is 11.5 Å². The van der Waals surface area contributed by atoms with Crippen LogP contribution in [0.2, 0.25) is 5.02 Å². The maximum Gasteiger partial charge on any atom is 0.266 e. The molecule has 5 nitrogen and oxygen atoms in total. The fourth-order valence-electron chi connectivity index (χ4n) is 2.56. The minimum Gasteiger partial charge on any atom is -0.493 e. The number of terminal acetylenes is 1. The summed E-state index contributed by atoms with van der Waals surface area (Å²) in [4.78, 5) is 12.6. The van der Waals surface area contributed by atoms with Crippen molar-refractivity contribution in [2.24, 2.45) is 0 Å². The Balaban J connectivity index is 1.99. The lowest BCUT2D eigenvalue weighted by Crippen LogP contribution is -2.31. The predicted molar refractivity (Wildman–Crippen MR) is 113 cm³/mol. The molecule has 2 aromatic carbocycles. The van der Waals surface area contributed by atoms with Crippen molar-refractivity contribution in [3.8, 4) is 35.9 Å². The van der Waals surface area contributed by atoms with Gasteiger partial charge in [-0.15, -0.1) is 6.42 Å². The summed E-state index contributed by atoms with van der Waals surface area (Å²) in [6.07, 6.45) is 7.48. The molecule has 0 bridgehead atoms. The Bertz CT molecular complexity index is 923. The zero-order valence-electron chi connectivity index (χ0n) is 16.3. The van der Waals surface area contributed by atoms with Crippen LogP contribution in [0.5, 0.6) is 11.5 Å². The number of carbonyl (C=O) groups excluding carboxylic acids is 1. The van der Waals surface area contributed by atoms with Crippen molar-refractivity contribution in [1.82, 2.24) is 5.32 Å². The fourth-order valence-corrected chi connectivity index (χ4v) is 2.68. The van der Waals surface area contributed by atoms with E-state index in [0.717, 1.165) is 5.56 Å². The lowest BCUT2D eigenvalue weighted by atomic mass is 10.1. The molecular formula is C23H22ClNO4. The Morgan fingerprint density at radius 2 is 1.97 bits per heavy atom. The molecular weight excluding hydrogens is 390 g/mol. The van der Waals surface area contributed by atoms with E-state index in [1.54, 1.807) is 44.4 Å². The molecule has 2 aromatic rings. The van der Waals surface area contributed by atoms with Gasteiger partial charge in [0, 0.05) is 24.1 Å². The van der Waals surface area contributed by atoms with Gasteiger partial charge >= 0.3 is 0 Å². The first-order chi connectivity index (χ1) is 14.1. The first-order valence-corrected chi connectivity index (χ1v) is 9.30. The highest BCUT2D eigenvalue weighted by Crippen LogP contribution is 2.28. The third kappa shape index (κ3) is 6.68. The van der Waals surface area contributed by atoms with E-state index in [2.05, 4.69) is 23.3 Å². The van der Waals surface area contributed by atoms with Crippen LogP contribution in [0.25, 0.3) is 0 Å². The zero-order chi connectivity index (χ0) is 21.1. The van der Waals surface area contributed by atoms with Gasteiger partial charge in [-0.05, 0) is 36.2 Å². The molecule has 1 N–H and O–H groups in total. The predicted octanol–water partition coefficient (Wildman–Crippen LogP) is 3.76. The van der Waals surface area contributed by atoms with Gasteiger partial charge in [0.05, 0.1) is 7.11 Å². The summed E-state index contributed by atoms with van der Waals surface area (Å²) in [7, 11) is 1.56. The van der Waals surface area contributed by atoms with E-state index >= 15 is 0 Å². The molecule has 1 amide bonds. The molecule has 0 aliphatic rings. The van der Waals surface area contributed by atoms with Crippen molar-refractivity contribution < 1.29 is 19.0 Å². The number of rotatable bonds is 9. The zero-order valence-corrected chi connectivity index (χ0v) is 17.1. The summed E-state index contributed by atoms with van der Waals surface area (Å²) in [5.41, 5.74) is 1.65. The largest absolute Gasteiger partial charge is 0.493 e. The van der Waals surface area contributed by atoms with Gasteiger partial charge in [-0.1, -0.05) is 41.6 Å². The van der Waals surface area contributed by atoms with Crippen molar-refractivity contribution in [3.05, 3.63) is 58.6 Å². The number of hydrogen-bond acceptors (Lipinski definition) is 4. The van der Waals surface area contributed by atoms with Gasteiger partial charge < -0.3 is 19.5 Å². The molecule has 0 radical (unpaired) electrons. The van der Waals surface area contributed by atoms with E-state index in [1.807, 2.05) is 12.1 Å². The molecule has 150 valence electrons. The van der Waals surface area contributed by atoms with Crippen molar-refractivity contribution in [2.45, 2.75) is 19.4 Å². The number of amides is 1. The van der Waals surface area contributed by atoms with E-state index in [4.69, 9.17) is 32.2 Å². The van der Waals surface area contributed by atoms with Crippen LogP contribution in [0.3, 0.4) is 0 Å². The number of nitrogens with one attached hydrogen (secondary N) is 1. The smallest absolute Gasteiger partial charge is 0.266 e. The number of carbonyl (C=O) groups is 1. The molecule has 6 heteroatoms. The number of benzene rings is 2. The quantitative estimate of drug-likeness (QED) is 0.638. The molecule has 0 aromatic heterocycles. The van der Waals surface area contributed by atoms with Crippen LogP contribution >= 0.6 is 11.6 Å². The van der Waals surface area contributed by atoms with Crippen LogP contribution in [-0.4, -0.2) is 26.2 Å². The molecule has 0 heterocycles. The second kappa shape index (κ2) is 11.5. The van der Waals surface area contributed by atoms with Gasteiger partial charge in [-0.2, -0.15) is 0 Å². The summed E-state index contributed by atoms with van der Waals surface area (Å²) >= 11 is 5.92. The molecule has 2 rings (SSSR count). The van der Waals surface area contributed by atoms with E-state index in [1.165, 1.54) is 0 Å². The lowest BCUT2D eigenvalue weighted by Gasteiger charge is -2.16. The van der Waals surface area contributed by atoms with E-state index < -0.39 is 6.10 Å². The Hall–Kier alpha value is -3.28.